The average Bonchev–Trinajstić information content (AvgIpc) is 2.21. The SMILES string of the molecule is COc1ccc(OC)c(CC#N)c1I. The molecule has 0 aliphatic carbocycles. The molecule has 0 aliphatic rings. The summed E-state index contributed by atoms with van der Waals surface area (Å²) in [4.78, 5) is 0. The van der Waals surface area contributed by atoms with Crippen LogP contribution in [0.4, 0.5) is 0 Å². The summed E-state index contributed by atoms with van der Waals surface area (Å²) in [6.45, 7) is 0. The van der Waals surface area contributed by atoms with Crippen molar-refractivity contribution >= 4 is 22.6 Å². The molecule has 1 aromatic rings. The van der Waals surface area contributed by atoms with Gasteiger partial charge >= 0.3 is 0 Å². The van der Waals surface area contributed by atoms with Crippen LogP contribution >= 0.6 is 22.6 Å². The van der Waals surface area contributed by atoms with Crippen LogP contribution in [0, 0.1) is 14.9 Å². The quantitative estimate of drug-likeness (QED) is 0.805. The largest absolute Gasteiger partial charge is 0.496 e. The Morgan fingerprint density at radius 1 is 1.29 bits per heavy atom. The zero-order chi connectivity index (χ0) is 10.6. The second-order valence-corrected chi connectivity index (χ2v) is 3.68. The molecule has 0 radical (unpaired) electrons. The fourth-order valence-corrected chi connectivity index (χ4v) is 2.03. The van der Waals surface area contributed by atoms with Gasteiger partial charge in [-0.2, -0.15) is 5.26 Å². The van der Waals surface area contributed by atoms with Gasteiger partial charge in [-0.15, -0.1) is 0 Å². The number of nitriles is 1. The molecule has 3 nitrogen and oxygen atoms in total. The molecule has 1 aromatic carbocycles. The maximum Gasteiger partial charge on any atom is 0.132 e. The Hall–Kier alpha value is -0.960. The molecular formula is C10H10INO2. The number of hydrogen-bond donors (Lipinski definition) is 0. The van der Waals surface area contributed by atoms with Crippen molar-refractivity contribution in [1.82, 2.24) is 0 Å². The minimum atomic E-state index is 0.332. The molecule has 0 saturated heterocycles. The smallest absolute Gasteiger partial charge is 0.132 e. The van der Waals surface area contributed by atoms with E-state index in [9.17, 15) is 0 Å². The van der Waals surface area contributed by atoms with E-state index in [1.54, 1.807) is 14.2 Å². The average molecular weight is 303 g/mol. The van der Waals surface area contributed by atoms with Crippen LogP contribution < -0.4 is 9.47 Å². The van der Waals surface area contributed by atoms with Crippen LogP contribution in [0.2, 0.25) is 0 Å². The Morgan fingerprint density at radius 3 is 2.36 bits per heavy atom. The van der Waals surface area contributed by atoms with Gasteiger partial charge in [-0.1, -0.05) is 0 Å². The monoisotopic (exact) mass is 303 g/mol. The van der Waals surface area contributed by atoms with Crippen molar-refractivity contribution in [2.45, 2.75) is 6.42 Å². The molecule has 14 heavy (non-hydrogen) atoms. The standard InChI is InChI=1S/C10H10INO2/c1-13-8-3-4-9(14-2)10(11)7(8)5-6-12/h3-4H,5H2,1-2H3. The zero-order valence-electron chi connectivity index (χ0n) is 8.00. The second kappa shape index (κ2) is 5.05. The van der Waals surface area contributed by atoms with Crippen molar-refractivity contribution in [2.24, 2.45) is 0 Å². The Labute approximate surface area is 96.8 Å². The molecule has 0 unspecified atom stereocenters. The predicted molar refractivity (Wildman–Crippen MR) is 61.6 cm³/mol. The van der Waals surface area contributed by atoms with Crippen molar-refractivity contribution in [1.29, 1.82) is 5.26 Å². The third-order valence-corrected chi connectivity index (χ3v) is 3.04. The number of ether oxygens (including phenoxy) is 2. The first-order valence-corrected chi connectivity index (χ1v) is 5.08. The lowest BCUT2D eigenvalue weighted by atomic mass is 10.1. The van der Waals surface area contributed by atoms with Gasteiger partial charge in [-0.05, 0) is 34.7 Å². The van der Waals surface area contributed by atoms with Crippen LogP contribution in [0.3, 0.4) is 0 Å². The zero-order valence-corrected chi connectivity index (χ0v) is 10.2. The van der Waals surface area contributed by atoms with E-state index in [1.165, 1.54) is 0 Å². The predicted octanol–water partition coefficient (Wildman–Crippen LogP) is 2.37. The van der Waals surface area contributed by atoms with Gasteiger partial charge in [-0.3, -0.25) is 0 Å². The molecule has 0 aromatic heterocycles. The van der Waals surface area contributed by atoms with Gasteiger partial charge < -0.3 is 9.47 Å². The van der Waals surface area contributed by atoms with Crippen molar-refractivity contribution in [3.63, 3.8) is 0 Å². The van der Waals surface area contributed by atoms with E-state index in [2.05, 4.69) is 28.7 Å². The van der Waals surface area contributed by atoms with E-state index in [-0.39, 0.29) is 0 Å². The first kappa shape index (κ1) is 11.1. The molecular weight excluding hydrogens is 293 g/mol. The summed E-state index contributed by atoms with van der Waals surface area (Å²) in [5, 5.41) is 8.68. The lowest BCUT2D eigenvalue weighted by molar-refractivity contribution is 0.397. The molecule has 0 aliphatic heterocycles. The van der Waals surface area contributed by atoms with Crippen LogP contribution in [-0.2, 0) is 6.42 Å². The fraction of sp³-hybridized carbons (Fsp3) is 0.300. The van der Waals surface area contributed by atoms with Gasteiger partial charge in [0.05, 0.1) is 30.3 Å². The van der Waals surface area contributed by atoms with Gasteiger partial charge in [0.25, 0.3) is 0 Å². The van der Waals surface area contributed by atoms with Crippen LogP contribution in [0.1, 0.15) is 5.56 Å². The van der Waals surface area contributed by atoms with Crippen LogP contribution in [0.15, 0.2) is 12.1 Å². The first-order valence-electron chi connectivity index (χ1n) is 4.01. The highest BCUT2D eigenvalue weighted by Gasteiger charge is 2.11. The lowest BCUT2D eigenvalue weighted by Gasteiger charge is -2.11. The minimum Gasteiger partial charge on any atom is -0.496 e. The summed E-state index contributed by atoms with van der Waals surface area (Å²) in [5.74, 6) is 1.51. The fourth-order valence-electron chi connectivity index (χ4n) is 1.17. The third kappa shape index (κ3) is 2.10. The Morgan fingerprint density at radius 2 is 1.86 bits per heavy atom. The minimum absolute atomic E-state index is 0.332. The highest BCUT2D eigenvalue weighted by Crippen LogP contribution is 2.31. The van der Waals surface area contributed by atoms with Crippen molar-refractivity contribution in [3.05, 3.63) is 21.3 Å². The molecule has 0 heterocycles. The Kier molecular flexibility index (Phi) is 4.01. The summed E-state index contributed by atoms with van der Waals surface area (Å²) in [6, 6.07) is 5.76. The van der Waals surface area contributed by atoms with E-state index in [0.717, 1.165) is 20.6 Å². The summed E-state index contributed by atoms with van der Waals surface area (Å²) in [6.07, 6.45) is 0.332. The molecule has 0 N–H and O–H groups in total. The Balaban J connectivity index is 3.25. The number of nitrogens with zero attached hydrogens (tertiary/aromatic N) is 1. The number of benzene rings is 1. The van der Waals surface area contributed by atoms with Crippen LogP contribution in [0.25, 0.3) is 0 Å². The number of halogens is 1. The third-order valence-electron chi connectivity index (χ3n) is 1.86. The second-order valence-electron chi connectivity index (χ2n) is 2.60. The normalized spacial score (nSPS) is 9.29. The highest BCUT2D eigenvalue weighted by atomic mass is 127. The van der Waals surface area contributed by atoms with Gasteiger partial charge in [0, 0.05) is 5.56 Å². The molecule has 0 bridgehead atoms. The van der Waals surface area contributed by atoms with Gasteiger partial charge in [-0.25, -0.2) is 0 Å². The van der Waals surface area contributed by atoms with Gasteiger partial charge in [0.15, 0.2) is 0 Å². The van der Waals surface area contributed by atoms with E-state index in [0.29, 0.717) is 6.42 Å². The van der Waals surface area contributed by atoms with E-state index in [4.69, 9.17) is 14.7 Å². The molecule has 0 atom stereocenters. The van der Waals surface area contributed by atoms with Crippen molar-refractivity contribution in [2.75, 3.05) is 14.2 Å². The number of rotatable bonds is 3. The van der Waals surface area contributed by atoms with Crippen LogP contribution in [-0.4, -0.2) is 14.2 Å². The summed E-state index contributed by atoms with van der Waals surface area (Å²) in [5.41, 5.74) is 0.884. The molecule has 0 saturated carbocycles. The van der Waals surface area contributed by atoms with E-state index < -0.39 is 0 Å². The molecule has 0 amide bonds. The summed E-state index contributed by atoms with van der Waals surface area (Å²) < 4.78 is 11.3. The summed E-state index contributed by atoms with van der Waals surface area (Å²) in [7, 11) is 3.21. The number of hydrogen-bond acceptors (Lipinski definition) is 3. The van der Waals surface area contributed by atoms with E-state index in [1.807, 2.05) is 12.1 Å². The van der Waals surface area contributed by atoms with Crippen molar-refractivity contribution < 1.29 is 9.47 Å². The molecule has 0 spiro atoms. The topological polar surface area (TPSA) is 42.2 Å². The number of methoxy groups -OCH3 is 2. The molecule has 74 valence electrons. The first-order chi connectivity index (χ1) is 6.74. The lowest BCUT2D eigenvalue weighted by Crippen LogP contribution is -1.97. The van der Waals surface area contributed by atoms with E-state index >= 15 is 0 Å². The maximum atomic E-state index is 8.68. The van der Waals surface area contributed by atoms with Gasteiger partial charge in [0.1, 0.15) is 11.5 Å². The summed E-state index contributed by atoms with van der Waals surface area (Å²) >= 11 is 2.16. The molecule has 1 rings (SSSR count). The highest BCUT2D eigenvalue weighted by molar-refractivity contribution is 14.1. The molecule has 0 fully saturated rings. The Bertz CT molecular complexity index is 371. The van der Waals surface area contributed by atoms with Crippen molar-refractivity contribution in [3.8, 4) is 17.6 Å². The van der Waals surface area contributed by atoms with Gasteiger partial charge in [0.2, 0.25) is 0 Å². The molecule has 4 heteroatoms. The van der Waals surface area contributed by atoms with Crippen LogP contribution in [0.5, 0.6) is 11.5 Å². The maximum absolute atomic E-state index is 8.68.